The van der Waals surface area contributed by atoms with Gasteiger partial charge in [0.15, 0.2) is 0 Å². The minimum atomic E-state index is 0.713. The molecule has 0 saturated carbocycles. The third-order valence-electron chi connectivity index (χ3n) is 2.73. The minimum Gasteiger partial charge on any atom is -0.380 e. The molecular formula is C12H24N4O. The number of nitrogens with one attached hydrogen (secondary N) is 1. The van der Waals surface area contributed by atoms with Crippen LogP contribution in [0.2, 0.25) is 0 Å². The first-order chi connectivity index (χ1) is 8.11. The predicted octanol–water partition coefficient (Wildman–Crippen LogP) is 1.28. The third-order valence-corrected chi connectivity index (χ3v) is 2.73. The normalized spacial score (nSPS) is 11.4. The molecule has 0 saturated heterocycles. The lowest BCUT2D eigenvalue weighted by molar-refractivity contribution is 0.125. The van der Waals surface area contributed by atoms with Crippen molar-refractivity contribution in [2.24, 2.45) is 13.0 Å². The molecule has 0 aliphatic rings. The van der Waals surface area contributed by atoms with Crippen LogP contribution >= 0.6 is 0 Å². The summed E-state index contributed by atoms with van der Waals surface area (Å²) in [5, 5.41) is 11.4. The molecule has 1 N–H and O–H groups in total. The van der Waals surface area contributed by atoms with Crippen LogP contribution in [0.25, 0.3) is 0 Å². The molecule has 0 radical (unpaired) electrons. The summed E-state index contributed by atoms with van der Waals surface area (Å²) in [6.07, 6.45) is 1.13. The van der Waals surface area contributed by atoms with Crippen LogP contribution < -0.4 is 5.32 Å². The van der Waals surface area contributed by atoms with Crippen molar-refractivity contribution in [3.8, 4) is 0 Å². The summed E-state index contributed by atoms with van der Waals surface area (Å²) >= 11 is 0. The van der Waals surface area contributed by atoms with Gasteiger partial charge < -0.3 is 14.6 Å². The zero-order chi connectivity index (χ0) is 12.7. The molecule has 0 unspecified atom stereocenters. The topological polar surface area (TPSA) is 52.0 Å². The maximum absolute atomic E-state index is 5.51. The van der Waals surface area contributed by atoms with Crippen LogP contribution in [0.15, 0.2) is 0 Å². The summed E-state index contributed by atoms with van der Waals surface area (Å²) in [6, 6.07) is 0. The van der Waals surface area contributed by atoms with Crippen LogP contribution in [0.5, 0.6) is 0 Å². The van der Waals surface area contributed by atoms with E-state index in [2.05, 4.69) is 29.4 Å². The van der Waals surface area contributed by atoms with Crippen LogP contribution in [-0.2, 0) is 18.3 Å². The highest BCUT2D eigenvalue weighted by Gasteiger charge is 2.03. The molecule has 0 amide bonds. The van der Waals surface area contributed by atoms with Crippen molar-refractivity contribution in [1.82, 2.24) is 20.1 Å². The lowest BCUT2D eigenvalue weighted by atomic mass is 10.1. The minimum absolute atomic E-state index is 0.713. The average molecular weight is 240 g/mol. The van der Waals surface area contributed by atoms with Gasteiger partial charge in [-0.15, -0.1) is 10.2 Å². The Kier molecular flexibility index (Phi) is 6.15. The van der Waals surface area contributed by atoms with E-state index < -0.39 is 0 Å². The van der Waals surface area contributed by atoms with Gasteiger partial charge in [0.05, 0.1) is 13.2 Å². The Bertz CT molecular complexity index is 322. The van der Waals surface area contributed by atoms with E-state index in [1.807, 2.05) is 18.5 Å². The summed E-state index contributed by atoms with van der Waals surface area (Å²) in [5.74, 6) is 2.62. The van der Waals surface area contributed by atoms with Crippen molar-refractivity contribution in [2.45, 2.75) is 33.7 Å². The first-order valence-electron chi connectivity index (χ1n) is 6.24. The molecule has 0 bridgehead atoms. The molecule has 5 nitrogen and oxygen atoms in total. The Morgan fingerprint density at radius 3 is 2.65 bits per heavy atom. The van der Waals surface area contributed by atoms with E-state index in [1.165, 1.54) is 0 Å². The van der Waals surface area contributed by atoms with Crippen LogP contribution in [0.4, 0.5) is 0 Å². The van der Waals surface area contributed by atoms with Crippen LogP contribution in [0.3, 0.4) is 0 Å². The fourth-order valence-electron chi connectivity index (χ4n) is 1.37. The summed E-state index contributed by atoms with van der Waals surface area (Å²) in [6.45, 7) is 9.56. The van der Waals surface area contributed by atoms with E-state index in [4.69, 9.17) is 4.74 Å². The van der Waals surface area contributed by atoms with Crippen molar-refractivity contribution >= 4 is 0 Å². The first kappa shape index (κ1) is 14.1. The van der Waals surface area contributed by atoms with Crippen molar-refractivity contribution < 1.29 is 4.74 Å². The summed E-state index contributed by atoms with van der Waals surface area (Å²) in [5.41, 5.74) is 0. The fraction of sp³-hybridized carbons (Fsp3) is 0.833. The summed E-state index contributed by atoms with van der Waals surface area (Å²) in [4.78, 5) is 0. The molecule has 0 fully saturated rings. The zero-order valence-electron chi connectivity index (χ0n) is 11.4. The molecular weight excluding hydrogens is 216 g/mol. The van der Waals surface area contributed by atoms with E-state index in [0.717, 1.165) is 44.4 Å². The Morgan fingerprint density at radius 2 is 2.06 bits per heavy atom. The Morgan fingerprint density at radius 1 is 1.29 bits per heavy atom. The van der Waals surface area contributed by atoms with Gasteiger partial charge in [-0.3, -0.25) is 0 Å². The lowest BCUT2D eigenvalue weighted by Crippen LogP contribution is -2.21. The van der Waals surface area contributed by atoms with Crippen molar-refractivity contribution in [2.75, 3.05) is 19.8 Å². The second-order valence-corrected chi connectivity index (χ2v) is 4.69. The molecule has 0 aliphatic heterocycles. The molecule has 98 valence electrons. The van der Waals surface area contributed by atoms with Gasteiger partial charge >= 0.3 is 0 Å². The van der Waals surface area contributed by atoms with Gasteiger partial charge in [0.25, 0.3) is 0 Å². The second kappa shape index (κ2) is 7.40. The number of hydrogen-bond acceptors (Lipinski definition) is 4. The van der Waals surface area contributed by atoms with Crippen molar-refractivity contribution in [3.05, 3.63) is 11.6 Å². The van der Waals surface area contributed by atoms with E-state index in [9.17, 15) is 0 Å². The van der Waals surface area contributed by atoms with Crippen molar-refractivity contribution in [3.63, 3.8) is 0 Å². The van der Waals surface area contributed by atoms with Crippen LogP contribution in [0, 0.1) is 12.8 Å². The van der Waals surface area contributed by atoms with Gasteiger partial charge in [0.2, 0.25) is 0 Å². The van der Waals surface area contributed by atoms with E-state index in [1.54, 1.807) is 0 Å². The molecule has 1 aromatic heterocycles. The quantitative estimate of drug-likeness (QED) is 0.695. The third kappa shape index (κ3) is 5.28. The van der Waals surface area contributed by atoms with Crippen LogP contribution in [-0.4, -0.2) is 34.5 Å². The second-order valence-electron chi connectivity index (χ2n) is 4.69. The molecule has 0 aromatic carbocycles. The molecule has 0 spiro atoms. The monoisotopic (exact) mass is 240 g/mol. The Balaban J connectivity index is 2.03. The zero-order valence-corrected chi connectivity index (χ0v) is 11.4. The summed E-state index contributed by atoms with van der Waals surface area (Å²) < 4.78 is 7.51. The summed E-state index contributed by atoms with van der Waals surface area (Å²) in [7, 11) is 1.98. The first-order valence-corrected chi connectivity index (χ1v) is 6.24. The van der Waals surface area contributed by atoms with Gasteiger partial charge in [-0.25, -0.2) is 0 Å². The van der Waals surface area contributed by atoms with Gasteiger partial charge in [0, 0.05) is 20.2 Å². The lowest BCUT2D eigenvalue weighted by Gasteiger charge is -2.07. The fourth-order valence-corrected chi connectivity index (χ4v) is 1.37. The predicted molar refractivity (Wildman–Crippen MR) is 67.7 cm³/mol. The number of aromatic nitrogens is 3. The van der Waals surface area contributed by atoms with Gasteiger partial charge in [0.1, 0.15) is 11.6 Å². The highest BCUT2D eigenvalue weighted by Crippen LogP contribution is 1.98. The van der Waals surface area contributed by atoms with Crippen LogP contribution in [0.1, 0.15) is 31.9 Å². The van der Waals surface area contributed by atoms with Gasteiger partial charge in [-0.1, -0.05) is 13.8 Å². The molecule has 17 heavy (non-hydrogen) atoms. The number of nitrogens with zero attached hydrogens (tertiary/aromatic N) is 3. The number of rotatable bonds is 8. The highest BCUT2D eigenvalue weighted by molar-refractivity contribution is 4.91. The smallest absolute Gasteiger partial charge is 0.146 e. The molecule has 1 rings (SSSR count). The molecule has 5 heteroatoms. The molecule has 1 aromatic rings. The van der Waals surface area contributed by atoms with Crippen molar-refractivity contribution in [1.29, 1.82) is 0 Å². The van der Waals surface area contributed by atoms with E-state index in [-0.39, 0.29) is 0 Å². The van der Waals surface area contributed by atoms with E-state index >= 15 is 0 Å². The molecule has 0 aliphatic carbocycles. The van der Waals surface area contributed by atoms with E-state index in [0.29, 0.717) is 5.92 Å². The maximum atomic E-state index is 5.51. The Hall–Kier alpha value is -0.940. The average Bonchev–Trinajstić information content (AvgIpc) is 2.59. The largest absolute Gasteiger partial charge is 0.380 e. The maximum Gasteiger partial charge on any atom is 0.146 e. The van der Waals surface area contributed by atoms with Gasteiger partial charge in [-0.05, 0) is 19.3 Å². The Labute approximate surface area is 104 Å². The molecule has 1 heterocycles. The van der Waals surface area contributed by atoms with Gasteiger partial charge in [-0.2, -0.15) is 0 Å². The number of ether oxygens (including phenoxy) is 1. The SMILES string of the molecule is Cc1nnc(CNCCOCCC(C)C)n1C. The molecule has 0 atom stereocenters. The number of aryl methyl sites for hydroxylation is 1. The highest BCUT2D eigenvalue weighted by atomic mass is 16.5. The standard InChI is InChI=1S/C12H24N4O/c1-10(2)5-7-17-8-6-13-9-12-15-14-11(3)16(12)4/h10,13H,5-9H2,1-4H3. The number of hydrogen-bond donors (Lipinski definition) is 1.